The third-order valence-corrected chi connectivity index (χ3v) is 5.48. The third kappa shape index (κ3) is 4.21. The minimum atomic E-state index is -0.0454. The van der Waals surface area contributed by atoms with Crippen molar-refractivity contribution in [2.75, 3.05) is 46.3 Å². The lowest BCUT2D eigenvalue weighted by Crippen LogP contribution is -2.52. The Labute approximate surface area is 150 Å². The highest BCUT2D eigenvalue weighted by Gasteiger charge is 2.32. The molecular weight excluding hydrogens is 314 g/mol. The fraction of sp³-hybridized carbons (Fsp3) is 0.600. The summed E-state index contributed by atoms with van der Waals surface area (Å²) in [7, 11) is 2.09. The van der Waals surface area contributed by atoms with Crippen LogP contribution in [0.1, 0.15) is 35.7 Å². The number of amides is 2. The molecule has 1 aromatic carbocycles. The van der Waals surface area contributed by atoms with Crippen LogP contribution in [0.4, 0.5) is 0 Å². The molecule has 2 saturated heterocycles. The first-order chi connectivity index (χ1) is 12.1. The summed E-state index contributed by atoms with van der Waals surface area (Å²) in [5, 5.41) is 0. The first kappa shape index (κ1) is 17.9. The number of piperazine rings is 1. The van der Waals surface area contributed by atoms with E-state index in [4.69, 9.17) is 0 Å². The molecule has 0 spiro atoms. The molecule has 2 heterocycles. The Hall–Kier alpha value is -1.88. The molecule has 0 N–H and O–H groups in total. The number of carbonyl (C=O) groups is 2. The van der Waals surface area contributed by atoms with Crippen molar-refractivity contribution >= 4 is 11.8 Å². The number of hydrogen-bond acceptors (Lipinski definition) is 3. The second-order valence-corrected chi connectivity index (χ2v) is 7.27. The predicted molar refractivity (Wildman–Crippen MR) is 98.5 cm³/mol. The highest BCUT2D eigenvalue weighted by Crippen LogP contribution is 2.21. The SMILES string of the molecule is CCc1ccc(C(=O)N2CCC[C@@H](C(=O)N3CCN(C)CC3)C2)cc1. The van der Waals surface area contributed by atoms with Gasteiger partial charge in [0.1, 0.15) is 0 Å². The number of likely N-dealkylation sites (N-methyl/N-ethyl adjacent to an activating group) is 1. The summed E-state index contributed by atoms with van der Waals surface area (Å²) in [5.74, 6) is 0.237. The maximum absolute atomic E-state index is 12.8. The molecule has 2 aliphatic heterocycles. The first-order valence-corrected chi connectivity index (χ1v) is 9.44. The number of benzene rings is 1. The molecule has 0 aromatic heterocycles. The van der Waals surface area contributed by atoms with E-state index in [1.54, 1.807) is 0 Å². The van der Waals surface area contributed by atoms with Crippen molar-refractivity contribution in [2.24, 2.45) is 5.92 Å². The number of hydrogen-bond donors (Lipinski definition) is 0. The Bertz CT molecular complexity index is 606. The number of nitrogens with zero attached hydrogens (tertiary/aromatic N) is 3. The van der Waals surface area contributed by atoms with Gasteiger partial charge in [0.25, 0.3) is 5.91 Å². The van der Waals surface area contributed by atoms with Gasteiger partial charge in [-0.05, 0) is 44.0 Å². The van der Waals surface area contributed by atoms with Gasteiger partial charge in [-0.25, -0.2) is 0 Å². The second kappa shape index (κ2) is 8.00. The van der Waals surface area contributed by atoms with Gasteiger partial charge in [0, 0.05) is 44.8 Å². The topological polar surface area (TPSA) is 43.9 Å². The Morgan fingerprint density at radius 3 is 2.32 bits per heavy atom. The Morgan fingerprint density at radius 1 is 1.00 bits per heavy atom. The van der Waals surface area contributed by atoms with Crippen LogP contribution in [0.5, 0.6) is 0 Å². The van der Waals surface area contributed by atoms with Gasteiger partial charge in [-0.2, -0.15) is 0 Å². The van der Waals surface area contributed by atoms with Crippen molar-refractivity contribution in [3.8, 4) is 0 Å². The van der Waals surface area contributed by atoms with Crippen molar-refractivity contribution in [3.05, 3.63) is 35.4 Å². The molecule has 0 radical (unpaired) electrons. The van der Waals surface area contributed by atoms with Crippen LogP contribution in [0, 0.1) is 5.92 Å². The summed E-state index contributed by atoms with van der Waals surface area (Å²) in [5.41, 5.74) is 1.96. The van der Waals surface area contributed by atoms with E-state index >= 15 is 0 Å². The molecule has 136 valence electrons. The summed E-state index contributed by atoms with van der Waals surface area (Å²) >= 11 is 0. The molecule has 25 heavy (non-hydrogen) atoms. The highest BCUT2D eigenvalue weighted by molar-refractivity contribution is 5.94. The quantitative estimate of drug-likeness (QED) is 0.842. The molecule has 2 aliphatic rings. The minimum absolute atomic E-state index is 0.0454. The van der Waals surface area contributed by atoms with Gasteiger partial charge >= 0.3 is 0 Å². The molecule has 0 aliphatic carbocycles. The van der Waals surface area contributed by atoms with Crippen molar-refractivity contribution in [2.45, 2.75) is 26.2 Å². The minimum Gasteiger partial charge on any atom is -0.340 e. The highest BCUT2D eigenvalue weighted by atomic mass is 16.2. The number of aryl methyl sites for hydroxylation is 1. The number of rotatable bonds is 3. The molecule has 3 rings (SSSR count). The first-order valence-electron chi connectivity index (χ1n) is 9.44. The molecule has 0 saturated carbocycles. The molecule has 0 unspecified atom stereocenters. The summed E-state index contributed by atoms with van der Waals surface area (Å²) in [6.45, 7) is 6.89. The van der Waals surface area contributed by atoms with Gasteiger partial charge in [-0.1, -0.05) is 19.1 Å². The standard InChI is InChI=1S/C20H29N3O2/c1-3-16-6-8-17(9-7-16)19(24)23-10-4-5-18(15-23)20(25)22-13-11-21(2)12-14-22/h6-9,18H,3-5,10-15H2,1-2H3/t18-/m1/s1. The number of piperidine rings is 1. The fourth-order valence-corrected chi connectivity index (χ4v) is 3.71. The molecule has 1 aromatic rings. The van der Waals surface area contributed by atoms with Crippen molar-refractivity contribution in [3.63, 3.8) is 0 Å². The van der Waals surface area contributed by atoms with E-state index in [1.165, 1.54) is 5.56 Å². The van der Waals surface area contributed by atoms with E-state index in [0.29, 0.717) is 6.54 Å². The van der Waals surface area contributed by atoms with E-state index in [0.717, 1.165) is 57.5 Å². The van der Waals surface area contributed by atoms with Crippen molar-refractivity contribution < 1.29 is 9.59 Å². The lowest BCUT2D eigenvalue weighted by molar-refractivity contribution is -0.138. The van der Waals surface area contributed by atoms with Crippen molar-refractivity contribution in [1.29, 1.82) is 0 Å². The van der Waals surface area contributed by atoms with Gasteiger partial charge in [-0.15, -0.1) is 0 Å². The van der Waals surface area contributed by atoms with Crippen LogP contribution in [0.25, 0.3) is 0 Å². The van der Waals surface area contributed by atoms with E-state index < -0.39 is 0 Å². The maximum atomic E-state index is 12.8. The summed E-state index contributed by atoms with van der Waals surface area (Å²) < 4.78 is 0. The third-order valence-electron chi connectivity index (χ3n) is 5.48. The van der Waals surface area contributed by atoms with Gasteiger partial charge in [-0.3, -0.25) is 9.59 Å². The van der Waals surface area contributed by atoms with Crippen LogP contribution < -0.4 is 0 Å². The molecule has 5 nitrogen and oxygen atoms in total. The predicted octanol–water partition coefficient (Wildman–Crippen LogP) is 1.88. The van der Waals surface area contributed by atoms with Gasteiger partial charge < -0.3 is 14.7 Å². The van der Waals surface area contributed by atoms with Crippen LogP contribution >= 0.6 is 0 Å². The monoisotopic (exact) mass is 343 g/mol. The largest absolute Gasteiger partial charge is 0.340 e. The molecule has 5 heteroatoms. The average Bonchev–Trinajstić information content (AvgIpc) is 2.67. The summed E-state index contributed by atoms with van der Waals surface area (Å²) in [6.07, 6.45) is 2.77. The lowest BCUT2D eigenvalue weighted by Gasteiger charge is -2.38. The molecule has 2 amide bonds. The Morgan fingerprint density at radius 2 is 1.68 bits per heavy atom. The van der Waals surface area contributed by atoms with Crippen LogP contribution in [0.3, 0.4) is 0 Å². The zero-order chi connectivity index (χ0) is 17.8. The van der Waals surface area contributed by atoms with Crippen molar-refractivity contribution in [1.82, 2.24) is 14.7 Å². The second-order valence-electron chi connectivity index (χ2n) is 7.27. The van der Waals surface area contributed by atoms with Gasteiger partial charge in [0.05, 0.1) is 5.92 Å². The van der Waals surface area contributed by atoms with Gasteiger partial charge in [0.15, 0.2) is 0 Å². The zero-order valence-electron chi connectivity index (χ0n) is 15.4. The molecule has 0 bridgehead atoms. The van der Waals surface area contributed by atoms with E-state index in [1.807, 2.05) is 34.1 Å². The smallest absolute Gasteiger partial charge is 0.253 e. The lowest BCUT2D eigenvalue weighted by atomic mass is 9.95. The molecule has 2 fully saturated rings. The van der Waals surface area contributed by atoms with E-state index in [-0.39, 0.29) is 17.7 Å². The number of carbonyl (C=O) groups excluding carboxylic acids is 2. The van der Waals surface area contributed by atoms with E-state index in [9.17, 15) is 9.59 Å². The van der Waals surface area contributed by atoms with Crippen LogP contribution in [0.15, 0.2) is 24.3 Å². The van der Waals surface area contributed by atoms with E-state index in [2.05, 4.69) is 18.9 Å². The van der Waals surface area contributed by atoms with Crippen LogP contribution in [-0.2, 0) is 11.2 Å². The van der Waals surface area contributed by atoms with Gasteiger partial charge in [0.2, 0.25) is 5.91 Å². The Kier molecular flexibility index (Phi) is 5.74. The van der Waals surface area contributed by atoms with Crippen LogP contribution in [0.2, 0.25) is 0 Å². The number of likely N-dealkylation sites (tertiary alicyclic amines) is 1. The van der Waals surface area contributed by atoms with Crippen LogP contribution in [-0.4, -0.2) is 72.8 Å². The summed E-state index contributed by atoms with van der Waals surface area (Å²) in [4.78, 5) is 31.7. The summed E-state index contributed by atoms with van der Waals surface area (Å²) in [6, 6.07) is 7.86. The molecule has 1 atom stereocenters. The maximum Gasteiger partial charge on any atom is 0.253 e. The normalized spacial score (nSPS) is 22.1. The molecular formula is C20H29N3O2. The fourth-order valence-electron chi connectivity index (χ4n) is 3.71. The zero-order valence-corrected chi connectivity index (χ0v) is 15.4. The average molecular weight is 343 g/mol. The Balaban J connectivity index is 1.61.